The summed E-state index contributed by atoms with van der Waals surface area (Å²) in [4.78, 5) is 0. The number of rotatable bonds is 6. The minimum Gasteiger partial charge on any atom is -0.468 e. The van der Waals surface area contributed by atoms with E-state index >= 15 is 0 Å². The summed E-state index contributed by atoms with van der Waals surface area (Å²) < 4.78 is 13.3. The quantitative estimate of drug-likeness (QED) is 0.885. The number of aromatic nitrogens is 2. The van der Waals surface area contributed by atoms with E-state index in [9.17, 15) is 0 Å². The molecule has 1 fully saturated rings. The fraction of sp³-hybridized carbons (Fsp3) is 0.562. The monoisotopic (exact) mass is 287 g/mol. The van der Waals surface area contributed by atoms with Gasteiger partial charge in [0.25, 0.3) is 0 Å². The summed E-state index contributed by atoms with van der Waals surface area (Å²) in [7, 11) is 0. The molecular formula is C16H21N3O2. The largest absolute Gasteiger partial charge is 0.468 e. The molecule has 0 aromatic carbocycles. The van der Waals surface area contributed by atoms with E-state index in [0.717, 1.165) is 50.0 Å². The minimum absolute atomic E-state index is 0.0594. The molecule has 0 saturated heterocycles. The number of nitrogens with zero attached hydrogens (tertiary/aromatic N) is 2. The summed E-state index contributed by atoms with van der Waals surface area (Å²) in [6.07, 6.45) is 7.67. The maximum absolute atomic E-state index is 5.89. The van der Waals surface area contributed by atoms with Crippen molar-refractivity contribution in [3.8, 4) is 0 Å². The highest BCUT2D eigenvalue weighted by molar-refractivity contribution is 5.22. The van der Waals surface area contributed by atoms with Gasteiger partial charge in [0.1, 0.15) is 11.9 Å². The minimum atomic E-state index is 0.0594. The molecular weight excluding hydrogens is 266 g/mol. The van der Waals surface area contributed by atoms with Crippen molar-refractivity contribution >= 4 is 0 Å². The van der Waals surface area contributed by atoms with E-state index in [1.54, 1.807) is 6.26 Å². The van der Waals surface area contributed by atoms with E-state index in [1.807, 2.05) is 12.1 Å². The molecule has 1 aliphatic heterocycles. The van der Waals surface area contributed by atoms with Gasteiger partial charge in [-0.2, -0.15) is 5.10 Å². The number of nitrogens with one attached hydrogen (secondary N) is 1. The van der Waals surface area contributed by atoms with Gasteiger partial charge >= 0.3 is 0 Å². The Balaban J connectivity index is 1.38. The predicted molar refractivity (Wildman–Crippen MR) is 77.8 cm³/mol. The van der Waals surface area contributed by atoms with E-state index in [4.69, 9.17) is 14.3 Å². The van der Waals surface area contributed by atoms with Crippen molar-refractivity contribution in [1.29, 1.82) is 0 Å². The highest BCUT2D eigenvalue weighted by atomic mass is 16.5. The van der Waals surface area contributed by atoms with Gasteiger partial charge in [0.2, 0.25) is 0 Å². The number of hydrogen-bond acceptors (Lipinski definition) is 4. The first-order valence-corrected chi connectivity index (χ1v) is 7.79. The zero-order valence-electron chi connectivity index (χ0n) is 12.1. The first-order valence-electron chi connectivity index (χ1n) is 7.79. The first-order chi connectivity index (χ1) is 10.4. The first kappa shape index (κ1) is 13.1. The van der Waals surface area contributed by atoms with Crippen molar-refractivity contribution in [3.05, 3.63) is 41.6 Å². The smallest absolute Gasteiger partial charge is 0.117 e. The van der Waals surface area contributed by atoms with Crippen molar-refractivity contribution in [2.24, 2.45) is 5.92 Å². The predicted octanol–water partition coefficient (Wildman–Crippen LogP) is 2.29. The lowest BCUT2D eigenvalue weighted by Crippen LogP contribution is -2.27. The SMILES string of the molecule is c1coc(CNC[C@@H]2OCCc3cn(CC4CC4)nc32)c1. The zero-order chi connectivity index (χ0) is 14.1. The van der Waals surface area contributed by atoms with Crippen molar-refractivity contribution in [2.45, 2.75) is 38.5 Å². The van der Waals surface area contributed by atoms with Crippen LogP contribution in [0.5, 0.6) is 0 Å². The molecule has 5 nitrogen and oxygen atoms in total. The van der Waals surface area contributed by atoms with Crippen LogP contribution in [0.2, 0.25) is 0 Å². The number of hydrogen-bond donors (Lipinski definition) is 1. The third-order valence-electron chi connectivity index (χ3n) is 4.22. The van der Waals surface area contributed by atoms with Gasteiger partial charge in [0.15, 0.2) is 0 Å². The maximum Gasteiger partial charge on any atom is 0.117 e. The van der Waals surface area contributed by atoms with E-state index < -0.39 is 0 Å². The fourth-order valence-electron chi connectivity index (χ4n) is 2.89. The third kappa shape index (κ3) is 3.04. The fourth-order valence-corrected chi connectivity index (χ4v) is 2.89. The topological polar surface area (TPSA) is 52.2 Å². The average molecular weight is 287 g/mol. The molecule has 1 saturated carbocycles. The number of furan rings is 1. The molecule has 0 spiro atoms. The summed E-state index contributed by atoms with van der Waals surface area (Å²) in [6, 6.07) is 3.89. The molecule has 1 N–H and O–H groups in total. The molecule has 2 aliphatic rings. The van der Waals surface area contributed by atoms with Crippen LogP contribution in [0.25, 0.3) is 0 Å². The summed E-state index contributed by atoms with van der Waals surface area (Å²) in [5.74, 6) is 1.80. The molecule has 5 heteroatoms. The second kappa shape index (κ2) is 5.66. The van der Waals surface area contributed by atoms with Gasteiger partial charge in [-0.3, -0.25) is 4.68 Å². The van der Waals surface area contributed by atoms with Crippen molar-refractivity contribution in [1.82, 2.24) is 15.1 Å². The maximum atomic E-state index is 5.89. The Bertz CT molecular complexity index is 587. The van der Waals surface area contributed by atoms with Crippen LogP contribution in [-0.4, -0.2) is 22.9 Å². The lowest BCUT2D eigenvalue weighted by atomic mass is 10.1. The average Bonchev–Trinajstić information content (AvgIpc) is 3.00. The summed E-state index contributed by atoms with van der Waals surface area (Å²) >= 11 is 0. The van der Waals surface area contributed by atoms with Crippen LogP contribution in [0.1, 0.15) is 36.0 Å². The Kier molecular flexibility index (Phi) is 3.53. The Morgan fingerprint density at radius 1 is 1.38 bits per heavy atom. The molecule has 1 atom stereocenters. The summed E-state index contributed by atoms with van der Waals surface area (Å²) in [6.45, 7) is 3.36. The van der Waals surface area contributed by atoms with Crippen molar-refractivity contribution < 1.29 is 9.15 Å². The van der Waals surface area contributed by atoms with Gasteiger partial charge in [0, 0.05) is 19.3 Å². The summed E-state index contributed by atoms with van der Waals surface area (Å²) in [5.41, 5.74) is 2.47. The Morgan fingerprint density at radius 2 is 2.33 bits per heavy atom. The molecule has 2 aromatic heterocycles. The van der Waals surface area contributed by atoms with Gasteiger partial charge in [-0.1, -0.05) is 0 Å². The van der Waals surface area contributed by atoms with Crippen LogP contribution in [0.3, 0.4) is 0 Å². The van der Waals surface area contributed by atoms with Crippen molar-refractivity contribution in [2.75, 3.05) is 13.2 Å². The van der Waals surface area contributed by atoms with Crippen molar-refractivity contribution in [3.63, 3.8) is 0 Å². The van der Waals surface area contributed by atoms with Crippen LogP contribution >= 0.6 is 0 Å². The second-order valence-electron chi connectivity index (χ2n) is 6.02. The number of fused-ring (bicyclic) bond motifs is 1. The highest BCUT2D eigenvalue weighted by Gasteiger charge is 2.27. The van der Waals surface area contributed by atoms with Crippen LogP contribution in [0, 0.1) is 5.92 Å². The second-order valence-corrected chi connectivity index (χ2v) is 6.02. The normalized spacial score (nSPS) is 21.4. The van der Waals surface area contributed by atoms with Crippen LogP contribution < -0.4 is 5.32 Å². The lowest BCUT2D eigenvalue weighted by molar-refractivity contribution is 0.0390. The summed E-state index contributed by atoms with van der Waals surface area (Å²) in [5, 5.41) is 8.15. The molecule has 2 aromatic rings. The molecule has 112 valence electrons. The third-order valence-corrected chi connectivity index (χ3v) is 4.22. The number of ether oxygens (including phenoxy) is 1. The van der Waals surface area contributed by atoms with Gasteiger partial charge < -0.3 is 14.5 Å². The molecule has 3 heterocycles. The molecule has 21 heavy (non-hydrogen) atoms. The zero-order valence-corrected chi connectivity index (χ0v) is 12.1. The molecule has 0 amide bonds. The highest BCUT2D eigenvalue weighted by Crippen LogP contribution is 2.32. The van der Waals surface area contributed by atoms with E-state index in [0.29, 0.717) is 0 Å². The van der Waals surface area contributed by atoms with E-state index in [1.165, 1.54) is 18.4 Å². The van der Waals surface area contributed by atoms with Crippen LogP contribution in [0.15, 0.2) is 29.0 Å². The van der Waals surface area contributed by atoms with Crippen LogP contribution in [-0.2, 0) is 24.2 Å². The standard InChI is InChI=1S/C16H21N3O2/c1-2-14(20-6-1)8-17-9-15-16-13(5-7-21-15)11-19(18-16)10-12-3-4-12/h1-2,6,11-12,15,17H,3-5,7-10H2/t15-/m0/s1. The molecule has 0 unspecified atom stereocenters. The molecule has 0 bridgehead atoms. The molecule has 1 aliphatic carbocycles. The molecule has 4 rings (SSSR count). The van der Waals surface area contributed by atoms with Gasteiger partial charge in [-0.05, 0) is 42.9 Å². The van der Waals surface area contributed by atoms with E-state index in [2.05, 4.69) is 16.2 Å². The Labute approximate surface area is 124 Å². The van der Waals surface area contributed by atoms with Gasteiger partial charge in [0.05, 0.1) is 25.1 Å². The van der Waals surface area contributed by atoms with Crippen LogP contribution in [0.4, 0.5) is 0 Å². The Morgan fingerprint density at radius 3 is 3.14 bits per heavy atom. The lowest BCUT2D eigenvalue weighted by Gasteiger charge is -2.22. The van der Waals surface area contributed by atoms with E-state index in [-0.39, 0.29) is 6.10 Å². The van der Waals surface area contributed by atoms with Gasteiger partial charge in [-0.15, -0.1) is 0 Å². The Hall–Kier alpha value is -1.59. The van der Waals surface area contributed by atoms with Gasteiger partial charge in [-0.25, -0.2) is 0 Å². The molecule has 0 radical (unpaired) electrons.